The Morgan fingerprint density at radius 2 is 1.73 bits per heavy atom. The summed E-state index contributed by atoms with van der Waals surface area (Å²) in [5.41, 5.74) is 5.16. The van der Waals surface area contributed by atoms with E-state index in [1.54, 1.807) is 17.0 Å². The minimum atomic E-state index is -0.518. The number of benzene rings is 3. The molecule has 8 heteroatoms. The maximum atomic E-state index is 13.9. The van der Waals surface area contributed by atoms with E-state index >= 15 is 0 Å². The molecule has 1 aliphatic heterocycles. The summed E-state index contributed by atoms with van der Waals surface area (Å²) >= 11 is 1.49. The Hall–Kier alpha value is -3.93. The summed E-state index contributed by atoms with van der Waals surface area (Å²) in [6.07, 6.45) is 3.54. The third-order valence-corrected chi connectivity index (χ3v) is 8.16. The molecule has 2 atom stereocenters. The molecule has 0 aliphatic carbocycles. The Balaban J connectivity index is 1.40. The highest BCUT2D eigenvalue weighted by molar-refractivity contribution is 7.96. The molecule has 4 rings (SSSR count). The van der Waals surface area contributed by atoms with Crippen LogP contribution in [-0.4, -0.2) is 41.1 Å². The first-order valence-electron chi connectivity index (χ1n) is 14.1. The first-order valence-corrected chi connectivity index (χ1v) is 15.1. The monoisotopic (exact) mass is 567 g/mol. The molecule has 1 aliphatic rings. The third kappa shape index (κ3) is 8.53. The molecule has 1 saturated heterocycles. The first kappa shape index (κ1) is 30.0. The van der Waals surface area contributed by atoms with Gasteiger partial charge in [-0.05, 0) is 60.1 Å². The zero-order valence-corrected chi connectivity index (χ0v) is 24.3. The van der Waals surface area contributed by atoms with Gasteiger partial charge in [-0.1, -0.05) is 92.0 Å². The van der Waals surface area contributed by atoms with Gasteiger partial charge >= 0.3 is 0 Å². The van der Waals surface area contributed by atoms with Crippen molar-refractivity contribution >= 4 is 29.5 Å². The van der Waals surface area contributed by atoms with E-state index < -0.39 is 12.1 Å². The molecule has 2 unspecified atom stereocenters. The fraction of sp³-hybridized carbons (Fsp3) is 0.333. The topological polar surface area (TPSA) is 109 Å². The highest BCUT2D eigenvalue weighted by Gasteiger charge is 2.37. The summed E-state index contributed by atoms with van der Waals surface area (Å²) in [5, 5.41) is 20.3. The summed E-state index contributed by atoms with van der Waals surface area (Å²) in [7, 11) is 0. The van der Waals surface area contributed by atoms with Crippen molar-refractivity contribution in [3.63, 3.8) is 0 Å². The molecule has 0 aromatic heterocycles. The van der Waals surface area contributed by atoms with Crippen LogP contribution in [0.25, 0.3) is 0 Å². The van der Waals surface area contributed by atoms with Crippen molar-refractivity contribution in [1.29, 1.82) is 10.7 Å². The van der Waals surface area contributed by atoms with E-state index in [2.05, 4.69) is 35.2 Å². The van der Waals surface area contributed by atoms with Crippen LogP contribution in [0.2, 0.25) is 0 Å². The van der Waals surface area contributed by atoms with Gasteiger partial charge in [-0.3, -0.25) is 14.3 Å². The molecule has 1 heterocycles. The predicted octanol–water partition coefficient (Wildman–Crippen LogP) is 5.38. The normalized spacial score (nSPS) is 15.2. The summed E-state index contributed by atoms with van der Waals surface area (Å²) in [6, 6.07) is 26.2. The highest BCUT2D eigenvalue weighted by Crippen LogP contribution is 2.22. The fourth-order valence-corrected chi connectivity index (χ4v) is 5.79. The second kappa shape index (κ2) is 15.2. The number of nitriles is 1. The van der Waals surface area contributed by atoms with Crippen molar-refractivity contribution < 1.29 is 9.59 Å². The van der Waals surface area contributed by atoms with Crippen molar-refractivity contribution in [3.05, 3.63) is 107 Å². The minimum Gasteiger partial charge on any atom is -0.350 e. The van der Waals surface area contributed by atoms with E-state index in [1.807, 2.05) is 54.6 Å². The average molecular weight is 568 g/mol. The van der Waals surface area contributed by atoms with E-state index in [-0.39, 0.29) is 11.8 Å². The van der Waals surface area contributed by atoms with Gasteiger partial charge in [-0.25, -0.2) is 0 Å². The van der Waals surface area contributed by atoms with Crippen molar-refractivity contribution in [2.75, 3.05) is 6.54 Å². The maximum absolute atomic E-state index is 13.9. The lowest BCUT2D eigenvalue weighted by Crippen LogP contribution is -2.52. The van der Waals surface area contributed by atoms with Gasteiger partial charge in [0.15, 0.2) is 0 Å². The number of nitrogens with one attached hydrogen (secondary N) is 3. The Labute approximate surface area is 247 Å². The largest absolute Gasteiger partial charge is 0.350 e. The van der Waals surface area contributed by atoms with Crippen LogP contribution in [0.3, 0.4) is 0 Å². The number of hydrogen-bond donors (Lipinski definition) is 3. The number of hydrogen-bond acceptors (Lipinski definition) is 6. The molecule has 7 nitrogen and oxygen atoms in total. The molecule has 3 aromatic rings. The Morgan fingerprint density at radius 3 is 2.41 bits per heavy atom. The summed E-state index contributed by atoms with van der Waals surface area (Å²) < 4.78 is 3.37. The molecule has 1 fully saturated rings. The standard InChI is InChI=1S/C33H37N5O2S/c1-2-7-29(35)28-17-15-26(16-18-28)22-36-32(39)31-10-6-19-38(31)33(40)30(20-24-11-13-25(21-34)14-12-24)37-41-23-27-8-4-3-5-9-27/h3-5,8-9,11-18,30-31,35,37H,2,6-7,10,19-20,22-23H2,1H3,(H,36,39). The van der Waals surface area contributed by atoms with E-state index in [9.17, 15) is 9.59 Å². The molecule has 0 saturated carbocycles. The number of amides is 2. The van der Waals surface area contributed by atoms with Crippen LogP contribution in [0.1, 0.15) is 60.4 Å². The second-order valence-corrected chi connectivity index (χ2v) is 11.1. The number of carbonyl (C=O) groups excluding carboxylic acids is 2. The van der Waals surface area contributed by atoms with E-state index in [0.29, 0.717) is 43.0 Å². The molecule has 212 valence electrons. The molecule has 0 spiro atoms. The molecule has 41 heavy (non-hydrogen) atoms. The van der Waals surface area contributed by atoms with Crippen LogP contribution in [0.5, 0.6) is 0 Å². The summed E-state index contributed by atoms with van der Waals surface area (Å²) in [4.78, 5) is 28.8. The summed E-state index contributed by atoms with van der Waals surface area (Å²) in [6.45, 7) is 2.98. The number of carbonyl (C=O) groups is 2. The molecular weight excluding hydrogens is 530 g/mol. The molecule has 0 radical (unpaired) electrons. The molecule has 3 N–H and O–H groups in total. The number of nitrogens with zero attached hydrogens (tertiary/aromatic N) is 2. The van der Waals surface area contributed by atoms with Crippen molar-refractivity contribution in [1.82, 2.24) is 14.9 Å². The molecule has 3 aromatic carbocycles. The van der Waals surface area contributed by atoms with Crippen LogP contribution in [-0.2, 0) is 28.3 Å². The van der Waals surface area contributed by atoms with Crippen LogP contribution in [0.15, 0.2) is 78.9 Å². The van der Waals surface area contributed by atoms with Gasteiger partial charge in [0.2, 0.25) is 11.8 Å². The summed E-state index contributed by atoms with van der Waals surface area (Å²) in [5.74, 6) is 0.470. The van der Waals surface area contributed by atoms with Gasteiger partial charge in [0, 0.05) is 24.6 Å². The number of likely N-dealkylation sites (tertiary alicyclic amines) is 1. The quantitative estimate of drug-likeness (QED) is 0.190. The third-order valence-electron chi connectivity index (χ3n) is 7.24. The Morgan fingerprint density at radius 1 is 1.02 bits per heavy atom. The lowest BCUT2D eigenvalue weighted by molar-refractivity contribution is -0.139. The van der Waals surface area contributed by atoms with E-state index in [0.717, 1.165) is 41.5 Å². The lowest BCUT2D eigenvalue weighted by atomic mass is 10.0. The van der Waals surface area contributed by atoms with Crippen molar-refractivity contribution in [3.8, 4) is 6.07 Å². The van der Waals surface area contributed by atoms with Gasteiger partial charge < -0.3 is 15.6 Å². The van der Waals surface area contributed by atoms with Crippen molar-refractivity contribution in [2.45, 2.75) is 63.4 Å². The average Bonchev–Trinajstić information content (AvgIpc) is 3.50. The van der Waals surface area contributed by atoms with Gasteiger partial charge in [0.05, 0.1) is 11.6 Å². The Kier molecular flexibility index (Phi) is 11.1. The van der Waals surface area contributed by atoms with Gasteiger partial charge in [-0.2, -0.15) is 5.26 Å². The maximum Gasteiger partial charge on any atom is 0.243 e. The fourth-order valence-electron chi connectivity index (χ4n) is 4.96. The van der Waals surface area contributed by atoms with E-state index in [1.165, 1.54) is 11.9 Å². The van der Waals surface area contributed by atoms with Crippen LogP contribution >= 0.6 is 11.9 Å². The van der Waals surface area contributed by atoms with Crippen LogP contribution in [0, 0.1) is 16.7 Å². The SMILES string of the molecule is CCCC(=N)c1ccc(CNC(=O)C2CCCN2C(=O)C(Cc2ccc(C#N)cc2)NSCc2ccccc2)cc1. The lowest BCUT2D eigenvalue weighted by Gasteiger charge is -2.29. The van der Waals surface area contributed by atoms with Crippen LogP contribution < -0.4 is 10.0 Å². The van der Waals surface area contributed by atoms with Crippen LogP contribution in [0.4, 0.5) is 0 Å². The predicted molar refractivity (Wildman–Crippen MR) is 164 cm³/mol. The van der Waals surface area contributed by atoms with Gasteiger partial charge in [0.1, 0.15) is 12.1 Å². The zero-order valence-electron chi connectivity index (χ0n) is 23.4. The highest BCUT2D eigenvalue weighted by atomic mass is 32.2. The molecule has 2 amide bonds. The minimum absolute atomic E-state index is 0.0913. The zero-order chi connectivity index (χ0) is 29.0. The second-order valence-electron chi connectivity index (χ2n) is 10.3. The van der Waals surface area contributed by atoms with Gasteiger partial charge in [-0.15, -0.1) is 0 Å². The number of rotatable bonds is 13. The molecular formula is C33H37N5O2S. The van der Waals surface area contributed by atoms with Gasteiger partial charge in [0.25, 0.3) is 0 Å². The van der Waals surface area contributed by atoms with E-state index in [4.69, 9.17) is 10.7 Å². The first-order chi connectivity index (χ1) is 20.0. The smallest absolute Gasteiger partial charge is 0.243 e. The Bertz CT molecular complexity index is 1350. The molecule has 0 bridgehead atoms. The van der Waals surface area contributed by atoms with Crippen molar-refractivity contribution in [2.24, 2.45) is 0 Å².